The molecule has 0 aliphatic rings. The highest BCUT2D eigenvalue weighted by Crippen LogP contribution is 2.22. The van der Waals surface area contributed by atoms with Crippen LogP contribution in [-0.4, -0.2) is 33.2 Å². The maximum absolute atomic E-state index is 11.9. The van der Waals surface area contributed by atoms with Crippen molar-refractivity contribution in [2.75, 3.05) is 12.9 Å². The van der Waals surface area contributed by atoms with Gasteiger partial charge in [0.2, 0.25) is 0 Å². The van der Waals surface area contributed by atoms with Crippen LogP contribution in [0.4, 0.5) is 0 Å². The Bertz CT molecular complexity index is 909. The van der Waals surface area contributed by atoms with Crippen LogP contribution in [0.1, 0.15) is 28.9 Å². The van der Waals surface area contributed by atoms with E-state index in [1.165, 1.54) is 24.3 Å². The minimum absolute atomic E-state index is 0.0976. The van der Waals surface area contributed by atoms with Crippen LogP contribution in [0.15, 0.2) is 53.4 Å². The molecule has 0 aromatic heterocycles. The molecule has 1 atom stereocenters. The maximum atomic E-state index is 11.9. The number of hydrogen-bond donors (Lipinski definition) is 1. The zero-order chi connectivity index (χ0) is 19.3. The minimum Gasteiger partial charge on any atom is -0.452 e. The summed E-state index contributed by atoms with van der Waals surface area (Å²) in [5, 5.41) is 3.22. The SMILES string of the molecule is C[C@@H](NC(=O)COC(=O)c1ccc(S(C)(=O)=O)cc1)c1ccccc1Cl. The van der Waals surface area contributed by atoms with E-state index in [9.17, 15) is 18.0 Å². The molecule has 26 heavy (non-hydrogen) atoms. The van der Waals surface area contributed by atoms with Crippen molar-refractivity contribution in [3.05, 3.63) is 64.7 Å². The van der Waals surface area contributed by atoms with Crippen LogP contribution in [0.2, 0.25) is 5.02 Å². The average molecular weight is 396 g/mol. The lowest BCUT2D eigenvalue weighted by Gasteiger charge is -2.15. The first kappa shape index (κ1) is 19.9. The Balaban J connectivity index is 1.90. The Morgan fingerprint density at radius 3 is 2.31 bits per heavy atom. The van der Waals surface area contributed by atoms with Crippen LogP contribution in [0.3, 0.4) is 0 Å². The molecule has 2 aromatic carbocycles. The summed E-state index contributed by atoms with van der Waals surface area (Å²) in [6, 6.07) is 12.1. The van der Waals surface area contributed by atoms with E-state index in [0.29, 0.717) is 5.02 Å². The topological polar surface area (TPSA) is 89.5 Å². The molecular formula is C18H18ClNO5S. The molecule has 8 heteroatoms. The summed E-state index contributed by atoms with van der Waals surface area (Å²) in [6.07, 6.45) is 1.07. The van der Waals surface area contributed by atoms with Crippen LogP contribution < -0.4 is 5.32 Å². The molecule has 2 rings (SSSR count). The van der Waals surface area contributed by atoms with E-state index in [2.05, 4.69) is 5.32 Å². The largest absolute Gasteiger partial charge is 0.452 e. The van der Waals surface area contributed by atoms with Crippen LogP contribution in [0.25, 0.3) is 0 Å². The predicted octanol–water partition coefficient (Wildman–Crippen LogP) is 2.78. The van der Waals surface area contributed by atoms with Crippen molar-refractivity contribution in [1.29, 1.82) is 0 Å². The van der Waals surface area contributed by atoms with Gasteiger partial charge in [0, 0.05) is 11.3 Å². The van der Waals surface area contributed by atoms with E-state index in [1.54, 1.807) is 25.1 Å². The third-order valence-electron chi connectivity index (χ3n) is 3.60. The van der Waals surface area contributed by atoms with E-state index in [-0.39, 0.29) is 16.5 Å². The molecule has 0 aliphatic carbocycles. The molecule has 2 aromatic rings. The van der Waals surface area contributed by atoms with Crippen LogP contribution >= 0.6 is 11.6 Å². The summed E-state index contributed by atoms with van der Waals surface area (Å²) in [4.78, 5) is 24.0. The van der Waals surface area contributed by atoms with Gasteiger partial charge in [0.1, 0.15) is 0 Å². The van der Waals surface area contributed by atoms with Crippen LogP contribution in [0.5, 0.6) is 0 Å². The summed E-state index contributed by atoms with van der Waals surface area (Å²) < 4.78 is 27.7. The molecule has 1 N–H and O–H groups in total. The van der Waals surface area contributed by atoms with Gasteiger partial charge in [-0.2, -0.15) is 0 Å². The van der Waals surface area contributed by atoms with Crippen LogP contribution in [-0.2, 0) is 19.4 Å². The Labute approximate surface area is 157 Å². The number of carbonyl (C=O) groups excluding carboxylic acids is 2. The van der Waals surface area contributed by atoms with Crippen LogP contribution in [0, 0.1) is 0 Å². The minimum atomic E-state index is -3.34. The second-order valence-electron chi connectivity index (χ2n) is 5.68. The van der Waals surface area contributed by atoms with Gasteiger partial charge < -0.3 is 10.1 Å². The van der Waals surface area contributed by atoms with Gasteiger partial charge in [0.05, 0.1) is 16.5 Å². The maximum Gasteiger partial charge on any atom is 0.338 e. The van der Waals surface area contributed by atoms with Gasteiger partial charge in [0.25, 0.3) is 5.91 Å². The summed E-state index contributed by atoms with van der Waals surface area (Å²) in [5.74, 6) is -1.19. The van der Waals surface area contributed by atoms with Crippen molar-refractivity contribution in [3.63, 3.8) is 0 Å². The van der Waals surface area contributed by atoms with Crippen molar-refractivity contribution in [2.45, 2.75) is 17.9 Å². The summed E-state index contributed by atoms with van der Waals surface area (Å²) >= 11 is 6.08. The summed E-state index contributed by atoms with van der Waals surface area (Å²) in [7, 11) is -3.34. The van der Waals surface area contributed by atoms with E-state index in [4.69, 9.17) is 16.3 Å². The lowest BCUT2D eigenvalue weighted by atomic mass is 10.1. The first-order valence-electron chi connectivity index (χ1n) is 7.69. The number of carbonyl (C=O) groups is 2. The standard InChI is InChI=1S/C18H18ClNO5S/c1-12(15-5-3-4-6-16(15)19)20-17(21)11-25-18(22)13-7-9-14(10-8-13)26(2,23)24/h3-10,12H,11H2,1-2H3,(H,20,21)/t12-/m1/s1. The normalized spacial score (nSPS) is 12.3. The zero-order valence-corrected chi connectivity index (χ0v) is 15.8. The number of rotatable bonds is 6. The third kappa shape index (κ3) is 5.31. The number of benzene rings is 2. The molecule has 0 radical (unpaired) electrons. The number of sulfone groups is 1. The van der Waals surface area contributed by atoms with Gasteiger partial charge in [-0.25, -0.2) is 13.2 Å². The zero-order valence-electron chi connectivity index (χ0n) is 14.2. The molecule has 1 amide bonds. The lowest BCUT2D eigenvalue weighted by molar-refractivity contribution is -0.124. The first-order chi connectivity index (χ1) is 12.2. The van der Waals surface area contributed by atoms with Crippen molar-refractivity contribution in [2.24, 2.45) is 0 Å². The molecular weight excluding hydrogens is 378 g/mol. The highest BCUT2D eigenvalue weighted by atomic mass is 35.5. The molecule has 0 heterocycles. The average Bonchev–Trinajstić information content (AvgIpc) is 2.59. The van der Waals surface area contributed by atoms with Gasteiger partial charge in [-0.1, -0.05) is 29.8 Å². The Hall–Kier alpha value is -2.38. The quantitative estimate of drug-likeness (QED) is 0.759. The van der Waals surface area contributed by atoms with Crippen molar-refractivity contribution in [3.8, 4) is 0 Å². The molecule has 138 valence electrons. The van der Waals surface area contributed by atoms with E-state index < -0.39 is 28.3 Å². The van der Waals surface area contributed by atoms with Gasteiger partial charge in [-0.3, -0.25) is 4.79 Å². The second kappa shape index (κ2) is 8.33. The summed E-state index contributed by atoms with van der Waals surface area (Å²) in [6.45, 7) is 1.31. The third-order valence-corrected chi connectivity index (χ3v) is 5.07. The fourth-order valence-electron chi connectivity index (χ4n) is 2.24. The van der Waals surface area contributed by atoms with Crippen molar-refractivity contribution < 1.29 is 22.7 Å². The molecule has 0 aliphatic heterocycles. The number of amides is 1. The van der Waals surface area contributed by atoms with Gasteiger partial charge in [-0.15, -0.1) is 0 Å². The van der Waals surface area contributed by atoms with Crippen molar-refractivity contribution >= 4 is 33.3 Å². The monoisotopic (exact) mass is 395 g/mol. The fraction of sp³-hybridized carbons (Fsp3) is 0.222. The predicted molar refractivity (Wildman–Crippen MR) is 97.8 cm³/mol. The number of ether oxygens (including phenoxy) is 1. The number of halogens is 1. The molecule has 0 saturated heterocycles. The second-order valence-corrected chi connectivity index (χ2v) is 8.11. The molecule has 0 bridgehead atoms. The molecule has 0 spiro atoms. The fourth-order valence-corrected chi connectivity index (χ4v) is 3.17. The Kier molecular flexibility index (Phi) is 6.39. The number of esters is 1. The molecule has 0 saturated carbocycles. The highest BCUT2D eigenvalue weighted by molar-refractivity contribution is 7.90. The van der Waals surface area contributed by atoms with Gasteiger partial charge in [0.15, 0.2) is 16.4 Å². The van der Waals surface area contributed by atoms with E-state index in [1.807, 2.05) is 6.07 Å². The molecule has 0 unspecified atom stereocenters. The van der Waals surface area contributed by atoms with Crippen molar-refractivity contribution in [1.82, 2.24) is 5.32 Å². The lowest BCUT2D eigenvalue weighted by Crippen LogP contribution is -2.31. The first-order valence-corrected chi connectivity index (χ1v) is 9.96. The summed E-state index contributed by atoms with van der Waals surface area (Å²) in [5.41, 5.74) is 0.912. The molecule has 0 fully saturated rings. The number of nitrogens with one attached hydrogen (secondary N) is 1. The smallest absolute Gasteiger partial charge is 0.338 e. The van der Waals surface area contributed by atoms with E-state index in [0.717, 1.165) is 11.8 Å². The molecule has 6 nitrogen and oxygen atoms in total. The van der Waals surface area contributed by atoms with E-state index >= 15 is 0 Å². The van der Waals surface area contributed by atoms with Gasteiger partial charge in [-0.05, 0) is 42.8 Å². The Morgan fingerprint density at radius 1 is 1.12 bits per heavy atom. The highest BCUT2D eigenvalue weighted by Gasteiger charge is 2.15. The van der Waals surface area contributed by atoms with Gasteiger partial charge >= 0.3 is 5.97 Å². The number of hydrogen-bond acceptors (Lipinski definition) is 5. The Morgan fingerprint density at radius 2 is 1.73 bits per heavy atom.